The lowest BCUT2D eigenvalue weighted by atomic mass is 9.99. The molecule has 0 aromatic heterocycles. The van der Waals surface area contributed by atoms with Crippen LogP contribution in [-0.2, 0) is 4.74 Å². The highest BCUT2D eigenvalue weighted by Gasteiger charge is 2.29. The molecular weight excluding hydrogens is 176 g/mol. The van der Waals surface area contributed by atoms with Crippen molar-refractivity contribution in [2.45, 2.75) is 50.4 Å². The number of ether oxygens (including phenoxy) is 1. The number of rotatable bonds is 2. The van der Waals surface area contributed by atoms with Crippen molar-refractivity contribution < 1.29 is 9.84 Å². The van der Waals surface area contributed by atoms with Crippen LogP contribution in [0, 0.1) is 0 Å². The van der Waals surface area contributed by atoms with Crippen molar-refractivity contribution in [3.8, 4) is 0 Å². The fourth-order valence-electron chi connectivity index (χ4n) is 2.08. The van der Waals surface area contributed by atoms with Crippen molar-refractivity contribution in [2.24, 2.45) is 0 Å². The smallest absolute Gasteiger partial charge is 0.185 e. The van der Waals surface area contributed by atoms with E-state index in [1.54, 1.807) is 0 Å². The van der Waals surface area contributed by atoms with Crippen LogP contribution in [0.4, 0.5) is 0 Å². The van der Waals surface area contributed by atoms with Gasteiger partial charge in [0, 0.05) is 6.42 Å². The molecule has 2 unspecified atom stereocenters. The zero-order chi connectivity index (χ0) is 9.86. The first-order valence-corrected chi connectivity index (χ1v) is 5.51. The third-order valence-electron chi connectivity index (χ3n) is 2.88. The van der Waals surface area contributed by atoms with Crippen LogP contribution in [-0.4, -0.2) is 17.0 Å². The molecule has 2 heteroatoms. The van der Waals surface area contributed by atoms with Gasteiger partial charge in [-0.15, -0.1) is 0 Å². The third-order valence-corrected chi connectivity index (χ3v) is 2.88. The molecule has 2 aliphatic rings. The molecule has 0 aromatic carbocycles. The molecule has 0 bridgehead atoms. The van der Waals surface area contributed by atoms with Crippen LogP contribution >= 0.6 is 0 Å². The van der Waals surface area contributed by atoms with Gasteiger partial charge in [0.15, 0.2) is 5.79 Å². The van der Waals surface area contributed by atoms with Gasteiger partial charge in [-0.3, -0.25) is 0 Å². The predicted octanol–water partition coefficient (Wildman–Crippen LogP) is 2.54. The van der Waals surface area contributed by atoms with Crippen LogP contribution in [0.2, 0.25) is 0 Å². The zero-order valence-corrected chi connectivity index (χ0v) is 8.48. The van der Waals surface area contributed by atoms with E-state index in [-0.39, 0.29) is 6.10 Å². The maximum atomic E-state index is 10.1. The Bertz CT molecular complexity index is 245. The van der Waals surface area contributed by atoms with E-state index in [1.165, 1.54) is 0 Å². The predicted molar refractivity (Wildman–Crippen MR) is 55.8 cm³/mol. The number of aliphatic hydroxyl groups is 1. The Kier molecular flexibility index (Phi) is 3.04. The summed E-state index contributed by atoms with van der Waals surface area (Å²) in [7, 11) is 0. The van der Waals surface area contributed by atoms with Gasteiger partial charge in [-0.05, 0) is 38.2 Å². The molecule has 78 valence electrons. The molecule has 0 aromatic rings. The summed E-state index contributed by atoms with van der Waals surface area (Å²) in [5, 5.41) is 10.1. The maximum Gasteiger partial charge on any atom is 0.185 e. The highest BCUT2D eigenvalue weighted by molar-refractivity contribution is 5.01. The monoisotopic (exact) mass is 194 g/mol. The summed E-state index contributed by atoms with van der Waals surface area (Å²) in [4.78, 5) is 0. The van der Waals surface area contributed by atoms with Crippen molar-refractivity contribution in [2.75, 3.05) is 0 Å². The van der Waals surface area contributed by atoms with E-state index in [0.29, 0.717) is 0 Å². The average Bonchev–Trinajstić information content (AvgIpc) is 2.19. The molecule has 0 fully saturated rings. The maximum absolute atomic E-state index is 10.1. The second kappa shape index (κ2) is 4.28. The molecule has 0 aliphatic heterocycles. The number of hydrogen-bond acceptors (Lipinski definition) is 2. The van der Waals surface area contributed by atoms with E-state index in [2.05, 4.69) is 12.2 Å². The minimum atomic E-state index is -0.978. The summed E-state index contributed by atoms with van der Waals surface area (Å²) in [6.07, 6.45) is 14.2. The Morgan fingerprint density at radius 1 is 1.21 bits per heavy atom. The molecule has 0 saturated carbocycles. The topological polar surface area (TPSA) is 29.5 Å². The molecule has 0 radical (unpaired) electrons. The lowest BCUT2D eigenvalue weighted by molar-refractivity contribution is -0.204. The highest BCUT2D eigenvalue weighted by atomic mass is 16.6. The first-order valence-electron chi connectivity index (χ1n) is 5.51. The van der Waals surface area contributed by atoms with Crippen LogP contribution < -0.4 is 0 Å². The van der Waals surface area contributed by atoms with Gasteiger partial charge >= 0.3 is 0 Å². The average molecular weight is 194 g/mol. The van der Waals surface area contributed by atoms with Crippen molar-refractivity contribution >= 4 is 0 Å². The Morgan fingerprint density at radius 2 is 2.14 bits per heavy atom. The first-order chi connectivity index (χ1) is 6.79. The van der Waals surface area contributed by atoms with Crippen molar-refractivity contribution in [1.82, 2.24) is 0 Å². The summed E-state index contributed by atoms with van der Waals surface area (Å²) >= 11 is 0. The van der Waals surface area contributed by atoms with Gasteiger partial charge in [0.2, 0.25) is 0 Å². The molecule has 0 heterocycles. The Morgan fingerprint density at radius 3 is 2.79 bits per heavy atom. The van der Waals surface area contributed by atoms with E-state index in [9.17, 15) is 5.11 Å². The highest BCUT2D eigenvalue weighted by Crippen LogP contribution is 2.27. The van der Waals surface area contributed by atoms with Crippen LogP contribution in [0.25, 0.3) is 0 Å². The summed E-state index contributed by atoms with van der Waals surface area (Å²) in [5.41, 5.74) is 0. The third kappa shape index (κ3) is 2.46. The van der Waals surface area contributed by atoms with Gasteiger partial charge in [0.25, 0.3) is 0 Å². The van der Waals surface area contributed by atoms with Crippen LogP contribution in [0.1, 0.15) is 38.5 Å². The Labute approximate surface area is 85.3 Å². The molecular formula is C12H18O2. The van der Waals surface area contributed by atoms with E-state index in [4.69, 9.17) is 4.74 Å². The number of allylic oxidation sites excluding steroid dienone is 2. The lowest BCUT2D eigenvalue weighted by Crippen LogP contribution is -2.36. The van der Waals surface area contributed by atoms with Crippen LogP contribution in [0.5, 0.6) is 0 Å². The van der Waals surface area contributed by atoms with Gasteiger partial charge in [-0.25, -0.2) is 0 Å². The second-order valence-corrected chi connectivity index (χ2v) is 4.16. The van der Waals surface area contributed by atoms with Crippen molar-refractivity contribution in [3.05, 3.63) is 24.3 Å². The Hall–Kier alpha value is -0.600. The molecule has 1 N–H and O–H groups in total. The van der Waals surface area contributed by atoms with Crippen LogP contribution in [0.3, 0.4) is 0 Å². The Balaban J connectivity index is 1.91. The van der Waals surface area contributed by atoms with Crippen molar-refractivity contribution in [3.63, 3.8) is 0 Å². The quantitative estimate of drug-likeness (QED) is 0.540. The van der Waals surface area contributed by atoms with Crippen molar-refractivity contribution in [1.29, 1.82) is 0 Å². The summed E-state index contributed by atoms with van der Waals surface area (Å²) in [6, 6.07) is 0. The number of hydrogen-bond donors (Lipinski definition) is 1. The summed E-state index contributed by atoms with van der Waals surface area (Å²) in [5.74, 6) is -0.978. The molecule has 0 spiro atoms. The lowest BCUT2D eigenvalue weighted by Gasteiger charge is -2.32. The minimum absolute atomic E-state index is 0.202. The first kappa shape index (κ1) is 9.94. The second-order valence-electron chi connectivity index (χ2n) is 4.16. The van der Waals surface area contributed by atoms with E-state index >= 15 is 0 Å². The fraction of sp³-hybridized carbons (Fsp3) is 0.667. The zero-order valence-electron chi connectivity index (χ0n) is 8.48. The van der Waals surface area contributed by atoms with Gasteiger partial charge in [0.1, 0.15) is 0 Å². The standard InChI is InChI=1S/C12H18O2/c13-12(9-5-2-6-10-12)14-11-7-3-1-4-8-11/h1,3,5,9,11,13H,2,4,6-8,10H2. The molecule has 0 saturated heterocycles. The molecule has 2 rings (SSSR count). The van der Waals surface area contributed by atoms with E-state index in [1.807, 2.05) is 12.2 Å². The van der Waals surface area contributed by atoms with E-state index < -0.39 is 5.79 Å². The van der Waals surface area contributed by atoms with Crippen LogP contribution in [0.15, 0.2) is 24.3 Å². The summed E-state index contributed by atoms with van der Waals surface area (Å²) < 4.78 is 5.74. The molecule has 0 amide bonds. The minimum Gasteiger partial charge on any atom is -0.362 e. The molecule has 2 aliphatic carbocycles. The fourth-order valence-corrected chi connectivity index (χ4v) is 2.08. The molecule has 2 atom stereocenters. The van der Waals surface area contributed by atoms with Gasteiger partial charge < -0.3 is 9.84 Å². The summed E-state index contributed by atoms with van der Waals surface area (Å²) in [6.45, 7) is 0. The largest absolute Gasteiger partial charge is 0.362 e. The van der Waals surface area contributed by atoms with Gasteiger partial charge in [-0.1, -0.05) is 18.2 Å². The molecule has 14 heavy (non-hydrogen) atoms. The van der Waals surface area contributed by atoms with E-state index in [0.717, 1.165) is 38.5 Å². The molecule has 2 nitrogen and oxygen atoms in total. The SMILES string of the molecule is OC1(OC2CC=CCC2)C=CCCC1. The van der Waals surface area contributed by atoms with Gasteiger partial charge in [-0.2, -0.15) is 0 Å². The van der Waals surface area contributed by atoms with Gasteiger partial charge in [0.05, 0.1) is 6.10 Å². The normalized spacial score (nSPS) is 37.4.